The Morgan fingerprint density at radius 1 is 1.48 bits per heavy atom. The molecule has 3 rings (SSSR count). The maximum Gasteiger partial charge on any atom is 0.164 e. The van der Waals surface area contributed by atoms with Crippen molar-refractivity contribution in [3.63, 3.8) is 0 Å². The van der Waals surface area contributed by atoms with E-state index in [1.165, 1.54) is 5.57 Å². The summed E-state index contributed by atoms with van der Waals surface area (Å²) in [5, 5.41) is 0. The molecule has 2 saturated heterocycles. The van der Waals surface area contributed by atoms with Gasteiger partial charge in [-0.1, -0.05) is 18.6 Å². The van der Waals surface area contributed by atoms with Crippen molar-refractivity contribution in [2.24, 2.45) is 11.8 Å². The van der Waals surface area contributed by atoms with E-state index in [4.69, 9.17) is 14.2 Å². The number of ketones is 1. The van der Waals surface area contributed by atoms with E-state index in [2.05, 4.69) is 26.8 Å². The minimum atomic E-state index is -0.405. The van der Waals surface area contributed by atoms with Crippen LogP contribution in [0.3, 0.4) is 0 Å². The molecule has 0 bridgehead atoms. The molecule has 0 aromatic heterocycles. The number of carbonyl (C=O) groups is 1. The topological polar surface area (TPSA) is 51.4 Å². The lowest BCUT2D eigenvalue weighted by molar-refractivity contribution is -0.148. The minimum absolute atomic E-state index is 0.00674. The number of hydrogen-bond donors (Lipinski definition) is 0. The van der Waals surface area contributed by atoms with Gasteiger partial charge in [0.2, 0.25) is 0 Å². The average Bonchev–Trinajstić information content (AvgIpc) is 3.31. The largest absolute Gasteiger partial charge is 0.373 e. The average molecular weight is 294 g/mol. The van der Waals surface area contributed by atoms with Crippen LogP contribution in [-0.4, -0.2) is 42.9 Å². The Balaban J connectivity index is 1.82. The number of allylic oxidation sites excluding steroid dienone is 1. The Labute approximate surface area is 126 Å². The highest BCUT2D eigenvalue weighted by Crippen LogP contribution is 2.59. The van der Waals surface area contributed by atoms with Gasteiger partial charge in [0.1, 0.15) is 17.3 Å². The van der Waals surface area contributed by atoms with Crippen molar-refractivity contribution in [3.05, 3.63) is 11.6 Å². The lowest BCUT2D eigenvalue weighted by atomic mass is 9.66. The third-order valence-electron chi connectivity index (χ3n) is 5.39. The van der Waals surface area contributed by atoms with Crippen LogP contribution in [0.2, 0.25) is 0 Å². The molecule has 118 valence electrons. The maximum absolute atomic E-state index is 12.5. The van der Waals surface area contributed by atoms with E-state index in [-0.39, 0.29) is 34.9 Å². The zero-order valence-electron chi connectivity index (χ0n) is 13.6. The molecule has 3 fully saturated rings. The summed E-state index contributed by atoms with van der Waals surface area (Å²) >= 11 is 0. The zero-order valence-corrected chi connectivity index (χ0v) is 13.6. The number of carbonyl (C=O) groups excluding carboxylic acids is 1. The molecule has 6 unspecified atom stereocenters. The Morgan fingerprint density at radius 2 is 2.14 bits per heavy atom. The monoisotopic (exact) mass is 294 g/mol. The maximum atomic E-state index is 12.5. The normalized spacial score (nSPS) is 48.3. The molecule has 0 radical (unpaired) electrons. The number of hydrogen-bond acceptors (Lipinski definition) is 4. The molecule has 3 aliphatic rings. The van der Waals surface area contributed by atoms with Gasteiger partial charge in [-0.3, -0.25) is 4.79 Å². The van der Waals surface area contributed by atoms with Crippen LogP contribution in [0, 0.1) is 11.8 Å². The summed E-state index contributed by atoms with van der Waals surface area (Å²) in [6.45, 7) is 9.00. The Morgan fingerprint density at radius 3 is 2.67 bits per heavy atom. The summed E-state index contributed by atoms with van der Waals surface area (Å²) in [5.74, 6) is 0.211. The van der Waals surface area contributed by atoms with Gasteiger partial charge in [-0.2, -0.15) is 0 Å². The first kappa shape index (κ1) is 15.2. The molecule has 0 amide bonds. The van der Waals surface area contributed by atoms with Crippen molar-refractivity contribution >= 4 is 5.78 Å². The first-order valence-electron chi connectivity index (χ1n) is 7.86. The third-order valence-corrected chi connectivity index (χ3v) is 5.39. The van der Waals surface area contributed by atoms with Crippen LogP contribution in [0.5, 0.6) is 0 Å². The van der Waals surface area contributed by atoms with Gasteiger partial charge < -0.3 is 14.2 Å². The van der Waals surface area contributed by atoms with Crippen molar-refractivity contribution in [1.29, 1.82) is 0 Å². The number of Topliss-reactive ketones (excluding diaryl/α,β-unsaturated/α-hetero) is 1. The Hall–Kier alpha value is -0.710. The van der Waals surface area contributed by atoms with Crippen molar-refractivity contribution < 1.29 is 19.0 Å². The first-order valence-corrected chi connectivity index (χ1v) is 7.86. The highest BCUT2D eigenvalue weighted by atomic mass is 16.6. The lowest BCUT2D eigenvalue weighted by Crippen LogP contribution is -2.55. The second-order valence-electron chi connectivity index (χ2n) is 7.30. The first-order chi connectivity index (χ1) is 9.84. The molecule has 1 aliphatic carbocycles. The molecule has 1 saturated carbocycles. The fraction of sp³-hybridized carbons (Fsp3) is 0.824. The Kier molecular flexibility index (Phi) is 3.55. The van der Waals surface area contributed by atoms with E-state index in [0.717, 1.165) is 19.4 Å². The third kappa shape index (κ3) is 2.37. The molecule has 21 heavy (non-hydrogen) atoms. The van der Waals surface area contributed by atoms with E-state index in [9.17, 15) is 4.79 Å². The van der Waals surface area contributed by atoms with Crippen molar-refractivity contribution in [2.75, 3.05) is 13.7 Å². The van der Waals surface area contributed by atoms with E-state index in [1.54, 1.807) is 7.11 Å². The minimum Gasteiger partial charge on any atom is -0.373 e. The van der Waals surface area contributed by atoms with E-state index >= 15 is 0 Å². The molecule has 1 spiro atoms. The molecule has 4 heteroatoms. The predicted octanol–water partition coefficient (Wildman–Crippen LogP) is 2.51. The second-order valence-corrected chi connectivity index (χ2v) is 7.30. The van der Waals surface area contributed by atoms with Crippen LogP contribution in [-0.2, 0) is 19.0 Å². The molecular formula is C17H26O4. The highest BCUT2D eigenvalue weighted by Gasteiger charge is 2.72. The summed E-state index contributed by atoms with van der Waals surface area (Å²) in [6, 6.07) is 0. The molecule has 0 aromatic rings. The van der Waals surface area contributed by atoms with Crippen molar-refractivity contribution in [2.45, 2.75) is 63.9 Å². The summed E-state index contributed by atoms with van der Waals surface area (Å²) in [6.07, 6.45) is 3.65. The van der Waals surface area contributed by atoms with Gasteiger partial charge in [0.05, 0.1) is 18.6 Å². The van der Waals surface area contributed by atoms with Crippen LogP contribution in [0.25, 0.3) is 0 Å². The number of ether oxygens (including phenoxy) is 3. The van der Waals surface area contributed by atoms with Crippen LogP contribution < -0.4 is 0 Å². The number of methoxy groups -OCH3 is 1. The highest BCUT2D eigenvalue weighted by molar-refractivity contribution is 5.87. The summed E-state index contributed by atoms with van der Waals surface area (Å²) in [7, 11) is 1.63. The van der Waals surface area contributed by atoms with Gasteiger partial charge in [0.25, 0.3) is 0 Å². The van der Waals surface area contributed by atoms with Gasteiger partial charge in [0.15, 0.2) is 5.78 Å². The second kappa shape index (κ2) is 4.90. The molecule has 0 N–H and O–H groups in total. The molecule has 2 heterocycles. The molecule has 6 atom stereocenters. The van der Waals surface area contributed by atoms with Gasteiger partial charge in [-0.05, 0) is 33.6 Å². The summed E-state index contributed by atoms with van der Waals surface area (Å²) in [4.78, 5) is 12.5. The van der Waals surface area contributed by atoms with Crippen LogP contribution in [0.15, 0.2) is 11.6 Å². The molecule has 2 aliphatic heterocycles. The van der Waals surface area contributed by atoms with Crippen LogP contribution >= 0.6 is 0 Å². The summed E-state index contributed by atoms with van der Waals surface area (Å²) in [5.41, 5.74) is 0.781. The van der Waals surface area contributed by atoms with Gasteiger partial charge in [-0.15, -0.1) is 0 Å². The van der Waals surface area contributed by atoms with E-state index in [0.29, 0.717) is 0 Å². The van der Waals surface area contributed by atoms with Gasteiger partial charge >= 0.3 is 0 Å². The Bertz CT molecular complexity index is 475. The van der Waals surface area contributed by atoms with Crippen molar-refractivity contribution in [1.82, 2.24) is 0 Å². The molecular weight excluding hydrogens is 268 g/mol. The van der Waals surface area contributed by atoms with Crippen molar-refractivity contribution in [3.8, 4) is 0 Å². The summed E-state index contributed by atoms with van der Waals surface area (Å²) < 4.78 is 17.4. The predicted molar refractivity (Wildman–Crippen MR) is 79.1 cm³/mol. The van der Waals surface area contributed by atoms with E-state index in [1.807, 2.05) is 6.92 Å². The van der Waals surface area contributed by atoms with E-state index < -0.39 is 6.10 Å². The lowest BCUT2D eigenvalue weighted by Gasteiger charge is -2.40. The SMILES string of the molecule is COC1C(=O)C(C)CC2(CO2)C1C1(C)OC1CC=C(C)C. The molecule has 0 aromatic carbocycles. The smallest absolute Gasteiger partial charge is 0.164 e. The zero-order chi connectivity index (χ0) is 15.4. The number of rotatable bonds is 4. The van der Waals surface area contributed by atoms with Gasteiger partial charge in [-0.25, -0.2) is 0 Å². The number of epoxide rings is 2. The fourth-order valence-corrected chi connectivity index (χ4v) is 4.10. The van der Waals surface area contributed by atoms with Crippen LogP contribution in [0.4, 0.5) is 0 Å². The molecule has 4 nitrogen and oxygen atoms in total. The quantitative estimate of drug-likeness (QED) is 0.590. The van der Waals surface area contributed by atoms with Gasteiger partial charge in [0, 0.05) is 13.0 Å². The fourth-order valence-electron chi connectivity index (χ4n) is 4.10. The standard InChI is InChI=1S/C17H26O4/c1-10(2)6-7-12-16(4,21-12)15-14(19-5)13(18)11(3)8-17(15)9-20-17/h6,11-12,14-15H,7-9H2,1-5H3. The van der Waals surface area contributed by atoms with Crippen LogP contribution in [0.1, 0.15) is 40.5 Å².